The van der Waals surface area contributed by atoms with Gasteiger partial charge in [0.15, 0.2) is 0 Å². The number of nitrogens with one attached hydrogen (secondary N) is 1. The predicted octanol–water partition coefficient (Wildman–Crippen LogP) is 1.81. The van der Waals surface area contributed by atoms with Crippen LogP contribution in [0.1, 0.15) is 12.8 Å². The molecular formula is C17H27N3O3. The minimum Gasteiger partial charge on any atom is -0.497 e. The molecule has 1 N–H and O–H groups in total. The molecule has 6 nitrogen and oxygen atoms in total. The molecule has 0 aromatic heterocycles. The number of benzene rings is 1. The molecule has 1 heterocycles. The number of methoxy groups -OCH3 is 1. The summed E-state index contributed by atoms with van der Waals surface area (Å²) in [6.07, 6.45) is 2.20. The van der Waals surface area contributed by atoms with Crippen LogP contribution >= 0.6 is 0 Å². The SMILES string of the molecule is COc1ccc(OCCNC(=O)N2CCC[C@@H](N(C)C)C2)cc1. The van der Waals surface area contributed by atoms with E-state index in [-0.39, 0.29) is 6.03 Å². The second kappa shape index (κ2) is 8.62. The molecule has 23 heavy (non-hydrogen) atoms. The number of hydrogen-bond acceptors (Lipinski definition) is 4. The predicted molar refractivity (Wildman–Crippen MR) is 90.2 cm³/mol. The lowest BCUT2D eigenvalue weighted by Gasteiger charge is -2.36. The molecule has 2 amide bonds. The highest BCUT2D eigenvalue weighted by Gasteiger charge is 2.24. The maximum Gasteiger partial charge on any atom is 0.317 e. The smallest absolute Gasteiger partial charge is 0.317 e. The summed E-state index contributed by atoms with van der Waals surface area (Å²) < 4.78 is 10.7. The summed E-state index contributed by atoms with van der Waals surface area (Å²) in [6.45, 7) is 2.56. The Balaban J connectivity index is 1.68. The molecule has 6 heteroatoms. The first kappa shape index (κ1) is 17.4. The highest BCUT2D eigenvalue weighted by molar-refractivity contribution is 5.74. The fraction of sp³-hybridized carbons (Fsp3) is 0.588. The van der Waals surface area contributed by atoms with Crippen molar-refractivity contribution in [2.75, 3.05) is 47.4 Å². The Morgan fingerprint density at radius 3 is 2.65 bits per heavy atom. The van der Waals surface area contributed by atoms with Gasteiger partial charge in [-0.3, -0.25) is 0 Å². The summed E-state index contributed by atoms with van der Waals surface area (Å²) in [7, 11) is 5.76. The van der Waals surface area contributed by atoms with Crippen molar-refractivity contribution in [2.24, 2.45) is 0 Å². The van der Waals surface area contributed by atoms with Crippen LogP contribution in [0.2, 0.25) is 0 Å². The zero-order valence-electron chi connectivity index (χ0n) is 14.2. The molecule has 1 saturated heterocycles. The van der Waals surface area contributed by atoms with E-state index in [9.17, 15) is 4.79 Å². The van der Waals surface area contributed by atoms with E-state index in [1.54, 1.807) is 7.11 Å². The van der Waals surface area contributed by atoms with Crippen LogP contribution in [0.4, 0.5) is 4.79 Å². The van der Waals surface area contributed by atoms with E-state index in [0.717, 1.165) is 37.4 Å². The molecule has 1 aliphatic rings. The molecule has 1 aliphatic heterocycles. The number of carbonyl (C=O) groups is 1. The Labute approximate surface area is 138 Å². The van der Waals surface area contributed by atoms with Gasteiger partial charge >= 0.3 is 6.03 Å². The van der Waals surface area contributed by atoms with E-state index in [2.05, 4.69) is 24.3 Å². The van der Waals surface area contributed by atoms with Gasteiger partial charge in [0.2, 0.25) is 0 Å². The molecular weight excluding hydrogens is 294 g/mol. The van der Waals surface area contributed by atoms with Crippen LogP contribution in [-0.4, -0.2) is 69.3 Å². The average Bonchev–Trinajstić information content (AvgIpc) is 2.59. The number of rotatable bonds is 6. The van der Waals surface area contributed by atoms with Crippen LogP contribution in [0.5, 0.6) is 11.5 Å². The molecule has 1 atom stereocenters. The number of nitrogens with zero attached hydrogens (tertiary/aromatic N) is 2. The molecule has 0 saturated carbocycles. The molecule has 1 aromatic rings. The van der Waals surface area contributed by atoms with Crippen molar-refractivity contribution in [3.8, 4) is 11.5 Å². The molecule has 128 valence electrons. The molecule has 1 fully saturated rings. The van der Waals surface area contributed by atoms with Crippen LogP contribution in [0, 0.1) is 0 Å². The maximum absolute atomic E-state index is 12.2. The Hall–Kier alpha value is -1.95. The van der Waals surface area contributed by atoms with E-state index in [1.807, 2.05) is 29.2 Å². The molecule has 2 rings (SSSR count). The number of likely N-dealkylation sites (N-methyl/N-ethyl adjacent to an activating group) is 1. The van der Waals surface area contributed by atoms with Crippen molar-refractivity contribution >= 4 is 6.03 Å². The van der Waals surface area contributed by atoms with Crippen molar-refractivity contribution in [3.63, 3.8) is 0 Å². The van der Waals surface area contributed by atoms with Gasteiger partial charge in [0, 0.05) is 19.1 Å². The van der Waals surface area contributed by atoms with E-state index < -0.39 is 0 Å². The second-order valence-corrected chi connectivity index (χ2v) is 5.96. The van der Waals surface area contributed by atoms with E-state index in [0.29, 0.717) is 19.2 Å². The maximum atomic E-state index is 12.2. The molecule has 0 unspecified atom stereocenters. The topological polar surface area (TPSA) is 54.0 Å². The molecule has 0 radical (unpaired) electrons. The monoisotopic (exact) mass is 321 g/mol. The van der Waals surface area contributed by atoms with E-state index >= 15 is 0 Å². The number of carbonyl (C=O) groups excluding carboxylic acids is 1. The zero-order valence-corrected chi connectivity index (χ0v) is 14.2. The number of ether oxygens (including phenoxy) is 2. The third-order valence-electron chi connectivity index (χ3n) is 4.12. The Kier molecular flexibility index (Phi) is 6.52. The number of urea groups is 1. The van der Waals surface area contributed by atoms with Crippen molar-refractivity contribution < 1.29 is 14.3 Å². The van der Waals surface area contributed by atoms with Gasteiger partial charge in [0.1, 0.15) is 18.1 Å². The van der Waals surface area contributed by atoms with Crippen molar-refractivity contribution in [3.05, 3.63) is 24.3 Å². The van der Waals surface area contributed by atoms with Gasteiger partial charge in [0.05, 0.1) is 13.7 Å². The Morgan fingerprint density at radius 2 is 2.00 bits per heavy atom. The first-order chi connectivity index (χ1) is 11.1. The van der Waals surface area contributed by atoms with Crippen molar-refractivity contribution in [1.82, 2.24) is 15.1 Å². The van der Waals surface area contributed by atoms with Crippen LogP contribution in [0.25, 0.3) is 0 Å². The Bertz CT molecular complexity index is 490. The second-order valence-electron chi connectivity index (χ2n) is 5.96. The third-order valence-corrected chi connectivity index (χ3v) is 4.12. The van der Waals surface area contributed by atoms with Gasteiger partial charge < -0.3 is 24.6 Å². The Morgan fingerprint density at radius 1 is 1.30 bits per heavy atom. The van der Waals surface area contributed by atoms with Crippen molar-refractivity contribution in [1.29, 1.82) is 0 Å². The summed E-state index contributed by atoms with van der Waals surface area (Å²) in [6, 6.07) is 7.85. The van der Waals surface area contributed by atoms with Crippen LogP contribution in [0.3, 0.4) is 0 Å². The summed E-state index contributed by atoms with van der Waals surface area (Å²) in [4.78, 5) is 16.3. The van der Waals surface area contributed by atoms with Crippen LogP contribution < -0.4 is 14.8 Å². The summed E-state index contributed by atoms with van der Waals surface area (Å²) >= 11 is 0. The standard InChI is InChI=1S/C17H27N3O3/c1-19(2)14-5-4-11-20(13-14)17(21)18-10-12-23-16-8-6-15(22-3)7-9-16/h6-9,14H,4-5,10-13H2,1-3H3,(H,18,21)/t14-/m1/s1. The number of piperidine rings is 1. The summed E-state index contributed by atoms with van der Waals surface area (Å²) in [5.41, 5.74) is 0. The van der Waals surface area contributed by atoms with Gasteiger partial charge in [-0.2, -0.15) is 0 Å². The van der Waals surface area contributed by atoms with E-state index in [1.165, 1.54) is 0 Å². The molecule has 0 aliphatic carbocycles. The molecule has 0 spiro atoms. The third kappa shape index (κ3) is 5.32. The minimum atomic E-state index is -0.00474. The minimum absolute atomic E-state index is 0.00474. The summed E-state index contributed by atoms with van der Waals surface area (Å²) in [5, 5.41) is 2.92. The lowest BCUT2D eigenvalue weighted by molar-refractivity contribution is 0.139. The highest BCUT2D eigenvalue weighted by atomic mass is 16.5. The number of amides is 2. The fourth-order valence-electron chi connectivity index (χ4n) is 2.67. The largest absolute Gasteiger partial charge is 0.497 e. The van der Waals surface area contributed by atoms with Gasteiger partial charge in [-0.25, -0.2) is 4.79 Å². The normalized spacial score (nSPS) is 17.9. The fourth-order valence-corrected chi connectivity index (χ4v) is 2.67. The lowest BCUT2D eigenvalue weighted by atomic mass is 10.1. The van der Waals surface area contributed by atoms with Gasteiger partial charge in [0.25, 0.3) is 0 Å². The average molecular weight is 321 g/mol. The quantitative estimate of drug-likeness (QED) is 0.812. The lowest BCUT2D eigenvalue weighted by Crippen LogP contribution is -2.51. The van der Waals surface area contributed by atoms with Crippen molar-refractivity contribution in [2.45, 2.75) is 18.9 Å². The van der Waals surface area contributed by atoms with Crippen LogP contribution in [0.15, 0.2) is 24.3 Å². The number of hydrogen-bond donors (Lipinski definition) is 1. The van der Waals surface area contributed by atoms with Crippen LogP contribution in [-0.2, 0) is 0 Å². The van der Waals surface area contributed by atoms with Gasteiger partial charge in [-0.15, -0.1) is 0 Å². The summed E-state index contributed by atoms with van der Waals surface area (Å²) in [5.74, 6) is 1.57. The van der Waals surface area contributed by atoms with Gasteiger partial charge in [-0.05, 0) is 51.2 Å². The first-order valence-electron chi connectivity index (χ1n) is 8.06. The highest BCUT2D eigenvalue weighted by Crippen LogP contribution is 2.17. The molecule has 1 aromatic carbocycles. The van der Waals surface area contributed by atoms with Gasteiger partial charge in [-0.1, -0.05) is 0 Å². The number of likely N-dealkylation sites (tertiary alicyclic amines) is 1. The van der Waals surface area contributed by atoms with E-state index in [4.69, 9.17) is 9.47 Å². The zero-order chi connectivity index (χ0) is 16.7. The first-order valence-corrected chi connectivity index (χ1v) is 8.06. The molecule has 0 bridgehead atoms.